The van der Waals surface area contributed by atoms with Crippen LogP contribution in [0.25, 0.3) is 0 Å². The van der Waals surface area contributed by atoms with Crippen LogP contribution in [0.1, 0.15) is 6.42 Å². The lowest BCUT2D eigenvalue weighted by molar-refractivity contribution is -0.00929. The first-order chi connectivity index (χ1) is 4.20. The number of rotatable bonds is 0. The third kappa shape index (κ3) is 1.64. The van der Waals surface area contributed by atoms with Crippen molar-refractivity contribution in [3.05, 3.63) is 0 Å². The molecule has 9 heavy (non-hydrogen) atoms. The maximum atomic E-state index is 5.72. The largest absolute Gasteiger partial charge is 0.326 e. The molecule has 0 unspecified atom stereocenters. The smallest absolute Gasteiger partial charge is 0.0282 e. The van der Waals surface area contributed by atoms with Crippen LogP contribution in [0.3, 0.4) is 0 Å². The number of hydrogen-bond donors (Lipinski definition) is 1. The highest BCUT2D eigenvalue weighted by Gasteiger charge is 2.16. The third-order valence-corrected chi connectivity index (χ3v) is 1.91. The maximum Gasteiger partial charge on any atom is 0.0282 e. The Bertz CT molecular complexity index is 94.3. The molecule has 1 rings (SSSR count). The van der Waals surface area contributed by atoms with Gasteiger partial charge in [-0.25, -0.2) is 10.0 Å². The van der Waals surface area contributed by atoms with Crippen LogP contribution in [0.5, 0.6) is 0 Å². The van der Waals surface area contributed by atoms with E-state index >= 15 is 0 Å². The summed E-state index contributed by atoms with van der Waals surface area (Å²) in [5.41, 5.74) is 5.72. The number of nitrogens with zero attached hydrogens (tertiary/aromatic N) is 2. The molecule has 1 aliphatic rings. The lowest BCUT2D eigenvalue weighted by Crippen LogP contribution is -2.50. The molecule has 0 bridgehead atoms. The molecule has 0 aliphatic carbocycles. The van der Waals surface area contributed by atoms with Gasteiger partial charge in [0.15, 0.2) is 0 Å². The van der Waals surface area contributed by atoms with Crippen LogP contribution in [0.4, 0.5) is 0 Å². The molecule has 0 radical (unpaired) electrons. The van der Waals surface area contributed by atoms with Crippen molar-refractivity contribution in [1.29, 1.82) is 0 Å². The van der Waals surface area contributed by atoms with E-state index in [1.54, 1.807) is 0 Å². The van der Waals surface area contributed by atoms with Crippen LogP contribution in [0.15, 0.2) is 0 Å². The molecule has 1 atom stereocenters. The molecule has 1 aliphatic heterocycles. The Morgan fingerprint density at radius 2 is 2.00 bits per heavy atom. The third-order valence-electron chi connectivity index (χ3n) is 1.91. The molecule has 0 aromatic heterocycles. The Hall–Kier alpha value is -0.120. The fourth-order valence-corrected chi connectivity index (χ4v) is 1.09. The topological polar surface area (TPSA) is 32.5 Å². The molecule has 0 saturated carbocycles. The standard InChI is InChI=1S/C6H15N3/c1-8-4-3-6(7)5-9(8)2/h6H,3-5,7H2,1-2H3/t6-/m1/s1. The van der Waals surface area contributed by atoms with Crippen molar-refractivity contribution < 1.29 is 0 Å². The van der Waals surface area contributed by atoms with Crippen molar-refractivity contribution in [2.45, 2.75) is 12.5 Å². The van der Waals surface area contributed by atoms with Crippen molar-refractivity contribution in [2.24, 2.45) is 5.73 Å². The highest BCUT2D eigenvalue weighted by atomic mass is 15.6. The first-order valence-electron chi connectivity index (χ1n) is 3.38. The summed E-state index contributed by atoms with van der Waals surface area (Å²) >= 11 is 0. The van der Waals surface area contributed by atoms with E-state index in [0.29, 0.717) is 6.04 Å². The first-order valence-corrected chi connectivity index (χ1v) is 3.38. The normalized spacial score (nSPS) is 33.0. The summed E-state index contributed by atoms with van der Waals surface area (Å²) in [6, 6.07) is 0.381. The van der Waals surface area contributed by atoms with Gasteiger partial charge >= 0.3 is 0 Å². The second-order valence-corrected chi connectivity index (χ2v) is 2.77. The summed E-state index contributed by atoms with van der Waals surface area (Å²) in [5.74, 6) is 0. The number of likely N-dealkylation sites (N-methyl/N-ethyl adjacent to an activating group) is 1. The zero-order chi connectivity index (χ0) is 6.85. The van der Waals surface area contributed by atoms with Crippen molar-refractivity contribution in [3.8, 4) is 0 Å². The minimum Gasteiger partial charge on any atom is -0.326 e. The SMILES string of the molecule is CN1CC[C@@H](N)CN1C. The molecule has 1 saturated heterocycles. The summed E-state index contributed by atoms with van der Waals surface area (Å²) < 4.78 is 0. The first kappa shape index (κ1) is 6.99. The summed E-state index contributed by atoms with van der Waals surface area (Å²) in [6.45, 7) is 2.09. The van der Waals surface area contributed by atoms with Gasteiger partial charge in [-0.2, -0.15) is 0 Å². The van der Waals surface area contributed by atoms with E-state index in [4.69, 9.17) is 5.73 Å². The Kier molecular flexibility index (Phi) is 2.05. The van der Waals surface area contributed by atoms with Crippen LogP contribution in [-0.2, 0) is 0 Å². The van der Waals surface area contributed by atoms with Gasteiger partial charge in [0.25, 0.3) is 0 Å². The summed E-state index contributed by atoms with van der Waals surface area (Å²) in [5, 5.41) is 4.36. The molecule has 0 aromatic rings. The zero-order valence-corrected chi connectivity index (χ0v) is 6.17. The second-order valence-electron chi connectivity index (χ2n) is 2.77. The van der Waals surface area contributed by atoms with Gasteiger partial charge in [-0.1, -0.05) is 0 Å². The molecule has 3 nitrogen and oxygen atoms in total. The predicted molar refractivity (Wildman–Crippen MR) is 37.9 cm³/mol. The summed E-state index contributed by atoms with van der Waals surface area (Å²) in [6.07, 6.45) is 1.13. The van der Waals surface area contributed by atoms with Crippen LogP contribution < -0.4 is 5.73 Å². The molecule has 0 amide bonds. The number of hydrazine groups is 1. The van der Waals surface area contributed by atoms with Crippen LogP contribution >= 0.6 is 0 Å². The minimum atomic E-state index is 0.381. The quantitative estimate of drug-likeness (QED) is 0.478. The average Bonchev–Trinajstić information content (AvgIpc) is 1.80. The summed E-state index contributed by atoms with van der Waals surface area (Å²) in [4.78, 5) is 0. The Labute approximate surface area is 56.4 Å². The fourth-order valence-electron chi connectivity index (χ4n) is 1.09. The van der Waals surface area contributed by atoms with Gasteiger partial charge in [-0.3, -0.25) is 0 Å². The van der Waals surface area contributed by atoms with Crippen LogP contribution in [0, 0.1) is 0 Å². The van der Waals surface area contributed by atoms with Gasteiger partial charge in [-0.15, -0.1) is 0 Å². The molecule has 2 N–H and O–H groups in total. The second kappa shape index (κ2) is 2.64. The minimum absolute atomic E-state index is 0.381. The lowest BCUT2D eigenvalue weighted by atomic mass is 10.2. The van der Waals surface area contributed by atoms with E-state index in [1.165, 1.54) is 0 Å². The number of nitrogens with two attached hydrogens (primary N) is 1. The van der Waals surface area contributed by atoms with E-state index in [0.717, 1.165) is 19.5 Å². The Balaban J connectivity index is 2.35. The van der Waals surface area contributed by atoms with E-state index < -0.39 is 0 Å². The van der Waals surface area contributed by atoms with Gasteiger partial charge in [0.05, 0.1) is 0 Å². The van der Waals surface area contributed by atoms with Crippen molar-refractivity contribution in [2.75, 3.05) is 27.2 Å². The molecule has 54 valence electrons. The highest BCUT2D eigenvalue weighted by Crippen LogP contribution is 2.03. The monoisotopic (exact) mass is 129 g/mol. The zero-order valence-electron chi connectivity index (χ0n) is 6.17. The molecule has 1 fully saturated rings. The van der Waals surface area contributed by atoms with Crippen LogP contribution in [-0.4, -0.2) is 43.2 Å². The molecular formula is C6H15N3. The molecule has 1 heterocycles. The van der Waals surface area contributed by atoms with Crippen molar-refractivity contribution in [3.63, 3.8) is 0 Å². The molecule has 0 aromatic carbocycles. The van der Waals surface area contributed by atoms with E-state index in [9.17, 15) is 0 Å². The number of hydrogen-bond acceptors (Lipinski definition) is 3. The fraction of sp³-hybridized carbons (Fsp3) is 1.00. The van der Waals surface area contributed by atoms with Gasteiger partial charge < -0.3 is 5.73 Å². The molecule has 0 spiro atoms. The van der Waals surface area contributed by atoms with Gasteiger partial charge in [0.1, 0.15) is 0 Å². The van der Waals surface area contributed by atoms with Gasteiger partial charge in [0.2, 0.25) is 0 Å². The summed E-state index contributed by atoms with van der Waals surface area (Å²) in [7, 11) is 4.16. The highest BCUT2D eigenvalue weighted by molar-refractivity contribution is 4.70. The Morgan fingerprint density at radius 3 is 2.44 bits per heavy atom. The molecule has 3 heteroatoms. The maximum absolute atomic E-state index is 5.72. The van der Waals surface area contributed by atoms with E-state index in [-0.39, 0.29) is 0 Å². The van der Waals surface area contributed by atoms with Gasteiger partial charge in [-0.05, 0) is 6.42 Å². The lowest BCUT2D eigenvalue weighted by Gasteiger charge is -2.35. The van der Waals surface area contributed by atoms with Crippen LogP contribution in [0.2, 0.25) is 0 Å². The average molecular weight is 129 g/mol. The van der Waals surface area contributed by atoms with Crippen molar-refractivity contribution >= 4 is 0 Å². The Morgan fingerprint density at radius 1 is 1.33 bits per heavy atom. The van der Waals surface area contributed by atoms with Gasteiger partial charge in [0, 0.05) is 33.2 Å². The predicted octanol–water partition coefficient (Wildman–Crippen LogP) is -0.504. The van der Waals surface area contributed by atoms with E-state index in [2.05, 4.69) is 24.1 Å². The van der Waals surface area contributed by atoms with E-state index in [1.807, 2.05) is 0 Å². The molecular weight excluding hydrogens is 114 g/mol. The van der Waals surface area contributed by atoms with Crippen molar-refractivity contribution in [1.82, 2.24) is 10.0 Å².